The fourth-order valence-corrected chi connectivity index (χ4v) is 2.78. The Hall–Kier alpha value is -1.92. The first kappa shape index (κ1) is 14.5. The fraction of sp³-hybridized carbons (Fsp3) is 0.0769. The Morgan fingerprint density at radius 3 is 2.35 bits per heavy atom. The van der Waals surface area contributed by atoms with Gasteiger partial charge in [0.1, 0.15) is 5.75 Å². The van der Waals surface area contributed by atoms with Gasteiger partial charge in [0.25, 0.3) is 10.0 Å². The number of hydrogen-bond acceptors (Lipinski definition) is 4. The smallest absolute Gasteiger partial charge is 0.262 e. The third kappa shape index (κ3) is 3.15. The van der Waals surface area contributed by atoms with Gasteiger partial charge in [0.15, 0.2) is 0 Å². The van der Waals surface area contributed by atoms with E-state index in [1.54, 1.807) is 13.1 Å². The van der Waals surface area contributed by atoms with Crippen molar-refractivity contribution < 1.29 is 13.5 Å². The molecule has 0 bridgehead atoms. The van der Waals surface area contributed by atoms with Gasteiger partial charge in [0, 0.05) is 17.8 Å². The predicted octanol–water partition coefficient (Wildman–Crippen LogP) is 2.89. The van der Waals surface area contributed by atoms with Gasteiger partial charge in [-0.2, -0.15) is 0 Å². The molecule has 0 spiro atoms. The summed E-state index contributed by atoms with van der Waals surface area (Å²) in [5.74, 6) is -0.151. The molecule has 0 saturated heterocycles. The van der Waals surface area contributed by atoms with Gasteiger partial charge >= 0.3 is 0 Å². The molecule has 5 nitrogen and oxygen atoms in total. The van der Waals surface area contributed by atoms with Crippen LogP contribution in [0, 0.1) is 0 Å². The maximum Gasteiger partial charge on any atom is 0.262 e. The van der Waals surface area contributed by atoms with Crippen LogP contribution in [-0.4, -0.2) is 20.6 Å². The van der Waals surface area contributed by atoms with E-state index in [9.17, 15) is 13.5 Å². The molecule has 20 heavy (non-hydrogen) atoms. The highest BCUT2D eigenvalue weighted by Crippen LogP contribution is 2.29. The second kappa shape index (κ2) is 5.60. The zero-order valence-corrected chi connectivity index (χ0v) is 12.2. The number of phenolic OH excluding ortho intramolecular Hbond substituents is 1. The zero-order valence-electron chi connectivity index (χ0n) is 10.6. The van der Waals surface area contributed by atoms with Crippen LogP contribution in [0.2, 0.25) is 5.02 Å². The Balaban J connectivity index is 2.35. The molecule has 3 N–H and O–H groups in total. The van der Waals surface area contributed by atoms with Crippen LogP contribution in [0.3, 0.4) is 0 Å². The van der Waals surface area contributed by atoms with E-state index in [0.717, 1.165) is 0 Å². The van der Waals surface area contributed by atoms with Crippen LogP contribution < -0.4 is 10.0 Å². The average molecular weight is 313 g/mol. The van der Waals surface area contributed by atoms with Crippen LogP contribution in [-0.2, 0) is 10.0 Å². The van der Waals surface area contributed by atoms with Crippen LogP contribution in [0.5, 0.6) is 5.75 Å². The maximum absolute atomic E-state index is 12.2. The second-order valence-corrected chi connectivity index (χ2v) is 6.16. The molecule has 0 aliphatic carbocycles. The molecule has 0 unspecified atom stereocenters. The van der Waals surface area contributed by atoms with E-state index >= 15 is 0 Å². The highest BCUT2D eigenvalue weighted by Gasteiger charge is 2.16. The third-order valence-corrected chi connectivity index (χ3v) is 4.29. The van der Waals surface area contributed by atoms with Gasteiger partial charge in [-0.3, -0.25) is 4.72 Å². The van der Waals surface area contributed by atoms with E-state index in [1.165, 1.54) is 36.4 Å². The van der Waals surface area contributed by atoms with E-state index in [0.29, 0.717) is 10.7 Å². The first-order chi connectivity index (χ1) is 9.42. The van der Waals surface area contributed by atoms with Gasteiger partial charge < -0.3 is 10.4 Å². The highest BCUT2D eigenvalue weighted by molar-refractivity contribution is 7.92. The Morgan fingerprint density at radius 1 is 1.10 bits per heavy atom. The second-order valence-electron chi connectivity index (χ2n) is 4.04. The summed E-state index contributed by atoms with van der Waals surface area (Å²) in [4.78, 5) is 0.0659. The number of phenols is 1. The monoisotopic (exact) mass is 312 g/mol. The molecule has 0 aliphatic rings. The molecule has 2 aromatic rings. The van der Waals surface area contributed by atoms with E-state index < -0.39 is 10.0 Å². The summed E-state index contributed by atoms with van der Waals surface area (Å²) >= 11 is 5.72. The van der Waals surface area contributed by atoms with Crippen molar-refractivity contribution in [2.24, 2.45) is 0 Å². The minimum absolute atomic E-state index is 0.0659. The Labute approximate surface area is 122 Å². The lowest BCUT2D eigenvalue weighted by Gasteiger charge is -2.11. The Kier molecular flexibility index (Phi) is 4.06. The van der Waals surface area contributed by atoms with E-state index in [4.69, 9.17) is 11.6 Å². The lowest BCUT2D eigenvalue weighted by Crippen LogP contribution is -2.13. The topological polar surface area (TPSA) is 78.4 Å². The molecule has 0 heterocycles. The van der Waals surface area contributed by atoms with Gasteiger partial charge in [0.05, 0.1) is 10.6 Å². The van der Waals surface area contributed by atoms with Crippen molar-refractivity contribution in [2.75, 3.05) is 17.1 Å². The van der Waals surface area contributed by atoms with Gasteiger partial charge in [-0.25, -0.2) is 8.42 Å². The van der Waals surface area contributed by atoms with Crippen molar-refractivity contribution in [3.63, 3.8) is 0 Å². The van der Waals surface area contributed by atoms with E-state index in [1.807, 2.05) is 0 Å². The van der Waals surface area contributed by atoms with Crippen molar-refractivity contribution in [3.8, 4) is 5.75 Å². The SMILES string of the molecule is CNc1ccc(O)c(NS(=O)(=O)c2ccc(Cl)cc2)c1. The van der Waals surface area contributed by atoms with Crippen molar-refractivity contribution in [3.05, 3.63) is 47.5 Å². The normalized spacial score (nSPS) is 11.1. The number of hydrogen-bond donors (Lipinski definition) is 3. The quantitative estimate of drug-likeness (QED) is 0.599. The molecule has 0 radical (unpaired) electrons. The van der Waals surface area contributed by atoms with Gasteiger partial charge in [-0.1, -0.05) is 11.6 Å². The molecule has 0 aromatic heterocycles. The number of nitrogens with one attached hydrogen (secondary N) is 2. The van der Waals surface area contributed by atoms with Crippen molar-refractivity contribution in [1.82, 2.24) is 0 Å². The molecule has 2 aromatic carbocycles. The average Bonchev–Trinajstić information content (AvgIpc) is 2.41. The van der Waals surface area contributed by atoms with Crippen LogP contribution >= 0.6 is 11.6 Å². The fourth-order valence-electron chi connectivity index (χ4n) is 1.59. The molecule has 7 heteroatoms. The van der Waals surface area contributed by atoms with Crippen molar-refractivity contribution >= 4 is 33.0 Å². The molecule has 0 amide bonds. The molecular formula is C13H13ClN2O3S. The van der Waals surface area contributed by atoms with Gasteiger partial charge in [-0.15, -0.1) is 0 Å². The number of rotatable bonds is 4. The summed E-state index contributed by atoms with van der Waals surface area (Å²) in [5, 5.41) is 13.0. The number of benzene rings is 2. The Morgan fingerprint density at radius 2 is 1.75 bits per heavy atom. The van der Waals surface area contributed by atoms with Crippen LogP contribution in [0.4, 0.5) is 11.4 Å². The summed E-state index contributed by atoms with van der Waals surface area (Å²) < 4.78 is 26.7. The number of sulfonamides is 1. The predicted molar refractivity (Wildman–Crippen MR) is 79.9 cm³/mol. The van der Waals surface area contributed by atoms with Crippen LogP contribution in [0.1, 0.15) is 0 Å². The summed E-state index contributed by atoms with van der Waals surface area (Å²) in [5.41, 5.74) is 0.781. The highest BCUT2D eigenvalue weighted by atomic mass is 35.5. The molecule has 0 fully saturated rings. The summed E-state index contributed by atoms with van der Waals surface area (Å²) in [6.07, 6.45) is 0. The number of aromatic hydroxyl groups is 1. The van der Waals surface area contributed by atoms with E-state index in [-0.39, 0.29) is 16.3 Å². The van der Waals surface area contributed by atoms with Gasteiger partial charge in [-0.05, 0) is 42.5 Å². The molecular weight excluding hydrogens is 300 g/mol. The first-order valence-corrected chi connectivity index (χ1v) is 7.57. The largest absolute Gasteiger partial charge is 0.506 e. The lowest BCUT2D eigenvalue weighted by atomic mass is 10.2. The summed E-state index contributed by atoms with van der Waals surface area (Å²) in [6, 6.07) is 10.3. The summed E-state index contributed by atoms with van der Waals surface area (Å²) in [7, 11) is -2.08. The molecule has 106 valence electrons. The van der Waals surface area contributed by atoms with Crippen molar-refractivity contribution in [2.45, 2.75) is 4.90 Å². The first-order valence-electron chi connectivity index (χ1n) is 5.71. The molecule has 0 aliphatic heterocycles. The third-order valence-electron chi connectivity index (χ3n) is 2.65. The Bertz CT molecular complexity index is 715. The number of anilines is 2. The maximum atomic E-state index is 12.2. The lowest BCUT2D eigenvalue weighted by molar-refractivity contribution is 0.477. The zero-order chi connectivity index (χ0) is 14.8. The standard InChI is InChI=1S/C13H13ClN2O3S/c1-15-10-4-7-13(17)12(8-10)16-20(18,19)11-5-2-9(14)3-6-11/h2-8,15-17H,1H3. The minimum Gasteiger partial charge on any atom is -0.506 e. The number of halogens is 1. The van der Waals surface area contributed by atoms with Gasteiger partial charge in [0.2, 0.25) is 0 Å². The van der Waals surface area contributed by atoms with Crippen LogP contribution in [0.25, 0.3) is 0 Å². The minimum atomic E-state index is -3.77. The van der Waals surface area contributed by atoms with E-state index in [2.05, 4.69) is 10.0 Å². The van der Waals surface area contributed by atoms with Crippen molar-refractivity contribution in [1.29, 1.82) is 0 Å². The molecule has 2 rings (SSSR count). The molecule has 0 saturated carbocycles. The van der Waals surface area contributed by atoms with Crippen LogP contribution in [0.15, 0.2) is 47.4 Å². The summed E-state index contributed by atoms with van der Waals surface area (Å²) in [6.45, 7) is 0. The molecule has 0 atom stereocenters.